The van der Waals surface area contributed by atoms with Crippen molar-refractivity contribution >= 4 is 11.9 Å². The van der Waals surface area contributed by atoms with E-state index in [-0.39, 0.29) is 55.3 Å². The molecule has 2 atom stereocenters. The number of benzene rings is 2. The van der Waals surface area contributed by atoms with Gasteiger partial charge in [-0.2, -0.15) is 13.2 Å². The number of nitrogens with zero attached hydrogens (tertiary/aromatic N) is 1. The number of piperidine rings is 1. The van der Waals surface area contributed by atoms with Gasteiger partial charge in [-0.1, -0.05) is 30.3 Å². The molecule has 0 aliphatic carbocycles. The number of halogens is 5. The molecule has 0 radical (unpaired) electrons. The normalized spacial score (nSPS) is 18.8. The van der Waals surface area contributed by atoms with Crippen LogP contribution in [0.5, 0.6) is 5.75 Å². The molecular formula is C24H23F5N2O4. The van der Waals surface area contributed by atoms with Gasteiger partial charge in [0.1, 0.15) is 6.61 Å². The number of rotatable bonds is 7. The van der Waals surface area contributed by atoms with Gasteiger partial charge in [-0.05, 0) is 36.1 Å². The SMILES string of the molecule is NC/C(=C/F)COc1ccc(C(=O)N2CCC(c3ccccc3)CC2OC(=O)C(F)(F)F)cc1F. The van der Waals surface area contributed by atoms with Crippen LogP contribution in [0.15, 0.2) is 60.4 Å². The minimum absolute atomic E-state index is 0.0186. The predicted octanol–water partition coefficient (Wildman–Crippen LogP) is 4.47. The van der Waals surface area contributed by atoms with E-state index < -0.39 is 30.1 Å². The molecule has 1 amide bonds. The summed E-state index contributed by atoms with van der Waals surface area (Å²) in [5.41, 5.74) is 6.05. The van der Waals surface area contributed by atoms with Crippen LogP contribution in [-0.2, 0) is 9.53 Å². The average Bonchev–Trinajstić information content (AvgIpc) is 2.85. The summed E-state index contributed by atoms with van der Waals surface area (Å²) >= 11 is 0. The number of likely N-dealkylation sites (tertiary alicyclic amines) is 1. The predicted molar refractivity (Wildman–Crippen MR) is 116 cm³/mol. The van der Waals surface area contributed by atoms with Gasteiger partial charge in [0.2, 0.25) is 0 Å². The zero-order chi connectivity index (χ0) is 25.6. The van der Waals surface area contributed by atoms with E-state index >= 15 is 0 Å². The summed E-state index contributed by atoms with van der Waals surface area (Å²) in [6.07, 6.45) is -6.15. The maximum atomic E-state index is 14.5. The molecule has 3 rings (SSSR count). The number of nitrogens with two attached hydrogens (primary N) is 1. The summed E-state index contributed by atoms with van der Waals surface area (Å²) in [7, 11) is 0. The molecule has 1 fully saturated rings. The second kappa shape index (κ2) is 11.3. The van der Waals surface area contributed by atoms with Gasteiger partial charge in [0.15, 0.2) is 17.8 Å². The highest BCUT2D eigenvalue weighted by molar-refractivity contribution is 5.94. The quantitative estimate of drug-likeness (QED) is 0.450. The number of esters is 1. The van der Waals surface area contributed by atoms with Gasteiger partial charge in [0, 0.05) is 30.6 Å². The molecule has 0 bridgehead atoms. The van der Waals surface area contributed by atoms with Crippen LogP contribution >= 0.6 is 0 Å². The van der Waals surface area contributed by atoms with Gasteiger partial charge in [-0.3, -0.25) is 4.79 Å². The third kappa shape index (κ3) is 6.56. The third-order valence-corrected chi connectivity index (χ3v) is 5.57. The molecule has 188 valence electrons. The lowest BCUT2D eigenvalue weighted by atomic mass is 9.88. The highest BCUT2D eigenvalue weighted by atomic mass is 19.4. The zero-order valence-corrected chi connectivity index (χ0v) is 18.4. The second-order valence-electron chi connectivity index (χ2n) is 7.89. The number of hydrogen-bond acceptors (Lipinski definition) is 5. The van der Waals surface area contributed by atoms with Gasteiger partial charge >= 0.3 is 12.1 Å². The van der Waals surface area contributed by atoms with Gasteiger partial charge < -0.3 is 20.1 Å². The number of carbonyl (C=O) groups excluding carboxylic acids is 2. The van der Waals surface area contributed by atoms with E-state index in [2.05, 4.69) is 4.74 Å². The van der Waals surface area contributed by atoms with Crippen molar-refractivity contribution in [3.8, 4) is 5.75 Å². The van der Waals surface area contributed by atoms with Crippen LogP contribution in [0.2, 0.25) is 0 Å². The van der Waals surface area contributed by atoms with E-state index in [0.29, 0.717) is 6.42 Å². The van der Waals surface area contributed by atoms with Crippen molar-refractivity contribution in [3.05, 3.63) is 77.4 Å². The highest BCUT2D eigenvalue weighted by Gasteiger charge is 2.45. The highest BCUT2D eigenvalue weighted by Crippen LogP contribution is 2.34. The first kappa shape index (κ1) is 26.1. The van der Waals surface area contributed by atoms with Crippen molar-refractivity contribution in [2.75, 3.05) is 19.7 Å². The first-order chi connectivity index (χ1) is 16.6. The Balaban J connectivity index is 1.80. The molecule has 1 aliphatic rings. The molecular weight excluding hydrogens is 475 g/mol. The number of amides is 1. The number of hydrogen-bond donors (Lipinski definition) is 1. The van der Waals surface area contributed by atoms with Crippen LogP contribution in [0.1, 0.15) is 34.7 Å². The second-order valence-corrected chi connectivity index (χ2v) is 7.89. The van der Waals surface area contributed by atoms with Crippen LogP contribution in [-0.4, -0.2) is 48.9 Å². The largest absolute Gasteiger partial charge is 0.491 e. The standard InChI is InChI=1S/C24H23F5N2O4/c25-12-15(13-30)14-34-20-7-6-18(10-19(20)26)22(32)31-9-8-17(16-4-2-1-3-5-16)11-21(31)35-23(33)24(27,28)29/h1-7,10,12,17,21H,8-9,11,13-14,30H2/b15-12-. The molecule has 0 aromatic heterocycles. The first-order valence-electron chi connectivity index (χ1n) is 10.7. The van der Waals surface area contributed by atoms with Crippen LogP contribution in [0, 0.1) is 5.82 Å². The Morgan fingerprint density at radius 3 is 2.46 bits per heavy atom. The molecule has 0 spiro atoms. The van der Waals surface area contributed by atoms with Crippen molar-refractivity contribution < 1.29 is 41.0 Å². The average molecular weight is 498 g/mol. The zero-order valence-electron chi connectivity index (χ0n) is 18.4. The Labute approximate surface area is 198 Å². The van der Waals surface area contributed by atoms with Crippen molar-refractivity contribution in [2.45, 2.75) is 31.2 Å². The van der Waals surface area contributed by atoms with Crippen LogP contribution in [0.25, 0.3) is 0 Å². The molecule has 2 aromatic carbocycles. The molecule has 35 heavy (non-hydrogen) atoms. The van der Waals surface area contributed by atoms with E-state index in [4.69, 9.17) is 10.5 Å². The lowest BCUT2D eigenvalue weighted by Crippen LogP contribution is -2.49. The summed E-state index contributed by atoms with van der Waals surface area (Å²) in [6.45, 7) is -0.458. The minimum atomic E-state index is -5.24. The Kier molecular flexibility index (Phi) is 8.44. The monoisotopic (exact) mass is 498 g/mol. The van der Waals surface area contributed by atoms with Crippen molar-refractivity contribution in [2.24, 2.45) is 5.73 Å². The van der Waals surface area contributed by atoms with Crippen molar-refractivity contribution in [1.29, 1.82) is 0 Å². The van der Waals surface area contributed by atoms with Gasteiger partial charge in [0.05, 0.1) is 6.33 Å². The molecule has 2 N–H and O–H groups in total. The Hall–Kier alpha value is -3.47. The summed E-state index contributed by atoms with van der Waals surface area (Å²) < 4.78 is 75.6. The van der Waals surface area contributed by atoms with E-state index in [1.807, 2.05) is 0 Å². The van der Waals surface area contributed by atoms with Crippen molar-refractivity contribution in [1.82, 2.24) is 4.90 Å². The summed E-state index contributed by atoms with van der Waals surface area (Å²) in [4.78, 5) is 25.6. The lowest BCUT2D eigenvalue weighted by molar-refractivity contribution is -0.213. The molecule has 6 nitrogen and oxygen atoms in total. The number of ether oxygens (including phenoxy) is 2. The number of carbonyl (C=O) groups is 2. The summed E-state index contributed by atoms with van der Waals surface area (Å²) in [6, 6.07) is 12.1. The van der Waals surface area contributed by atoms with E-state index in [1.54, 1.807) is 30.3 Å². The fraction of sp³-hybridized carbons (Fsp3) is 0.333. The van der Waals surface area contributed by atoms with Crippen LogP contribution in [0.3, 0.4) is 0 Å². The molecule has 11 heteroatoms. The summed E-state index contributed by atoms with van der Waals surface area (Å²) in [5, 5.41) is 0. The van der Waals surface area contributed by atoms with Crippen molar-refractivity contribution in [3.63, 3.8) is 0 Å². The molecule has 1 aliphatic heterocycles. The Bertz CT molecular complexity index is 1080. The lowest BCUT2D eigenvalue weighted by Gasteiger charge is -2.39. The number of alkyl halides is 3. The molecule has 2 unspecified atom stereocenters. The van der Waals surface area contributed by atoms with Gasteiger partial charge in [-0.15, -0.1) is 0 Å². The first-order valence-corrected chi connectivity index (χ1v) is 10.7. The molecule has 2 aromatic rings. The van der Waals surface area contributed by atoms with Gasteiger partial charge in [-0.25, -0.2) is 13.6 Å². The van der Waals surface area contributed by atoms with E-state index in [0.717, 1.165) is 22.6 Å². The smallest absolute Gasteiger partial charge is 0.486 e. The molecule has 0 saturated carbocycles. The van der Waals surface area contributed by atoms with E-state index in [9.17, 15) is 31.5 Å². The van der Waals surface area contributed by atoms with E-state index in [1.165, 1.54) is 6.07 Å². The minimum Gasteiger partial charge on any atom is -0.486 e. The molecule has 1 heterocycles. The maximum absolute atomic E-state index is 14.5. The van der Waals surface area contributed by atoms with Gasteiger partial charge in [0.25, 0.3) is 5.91 Å². The fourth-order valence-corrected chi connectivity index (χ4v) is 3.71. The summed E-state index contributed by atoms with van der Waals surface area (Å²) in [5.74, 6) is -4.68. The van der Waals surface area contributed by atoms with Crippen LogP contribution in [0.4, 0.5) is 22.0 Å². The Morgan fingerprint density at radius 2 is 1.86 bits per heavy atom. The molecule has 1 saturated heterocycles. The topological polar surface area (TPSA) is 81.9 Å². The van der Waals surface area contributed by atoms with Crippen LogP contribution < -0.4 is 10.5 Å². The third-order valence-electron chi connectivity index (χ3n) is 5.57. The fourth-order valence-electron chi connectivity index (χ4n) is 3.71. The Morgan fingerprint density at radius 1 is 1.14 bits per heavy atom. The maximum Gasteiger partial charge on any atom is 0.491 e.